The van der Waals surface area contributed by atoms with E-state index in [1.165, 1.54) is 29.6 Å². The van der Waals surface area contributed by atoms with Gasteiger partial charge in [0.15, 0.2) is 0 Å². The Hall–Kier alpha value is -3.78. The van der Waals surface area contributed by atoms with Crippen LogP contribution in [0.25, 0.3) is 6.08 Å². The second-order valence-corrected chi connectivity index (χ2v) is 8.77. The first kappa shape index (κ1) is 22.9. The molecule has 1 N–H and O–H groups in total. The summed E-state index contributed by atoms with van der Waals surface area (Å²) in [5.74, 6) is 0.799. The van der Waals surface area contributed by atoms with Crippen molar-refractivity contribution in [2.75, 3.05) is 30.9 Å². The van der Waals surface area contributed by atoms with Gasteiger partial charge in [-0.3, -0.25) is 9.10 Å². The molecule has 0 saturated carbocycles. The highest BCUT2D eigenvalue weighted by Crippen LogP contribution is 2.25. The van der Waals surface area contributed by atoms with Crippen LogP contribution in [0.5, 0.6) is 11.5 Å². The van der Waals surface area contributed by atoms with Crippen LogP contribution in [-0.2, 0) is 14.8 Å². The van der Waals surface area contributed by atoms with Crippen molar-refractivity contribution in [1.29, 1.82) is 0 Å². The van der Waals surface area contributed by atoms with Crippen LogP contribution in [-0.4, -0.2) is 35.6 Å². The topological polar surface area (TPSA) is 84.9 Å². The van der Waals surface area contributed by atoms with Gasteiger partial charge < -0.3 is 14.8 Å². The highest BCUT2D eigenvalue weighted by molar-refractivity contribution is 7.92. The van der Waals surface area contributed by atoms with Gasteiger partial charge in [-0.15, -0.1) is 0 Å². The number of amides is 1. The van der Waals surface area contributed by atoms with Crippen molar-refractivity contribution in [2.24, 2.45) is 0 Å². The fourth-order valence-corrected chi connectivity index (χ4v) is 4.19. The summed E-state index contributed by atoms with van der Waals surface area (Å²) in [4.78, 5) is 12.5. The number of anilines is 2. The van der Waals surface area contributed by atoms with Crippen molar-refractivity contribution in [3.8, 4) is 11.5 Å². The fraction of sp³-hybridized carbons (Fsp3) is 0.125. The number of methoxy groups -OCH3 is 2. The van der Waals surface area contributed by atoms with Gasteiger partial charge in [0.2, 0.25) is 5.91 Å². The lowest BCUT2D eigenvalue weighted by Crippen LogP contribution is -2.26. The van der Waals surface area contributed by atoms with Crippen LogP contribution in [0.15, 0.2) is 83.8 Å². The maximum Gasteiger partial charge on any atom is 0.264 e. The maximum atomic E-state index is 13.0. The number of ether oxygens (including phenoxy) is 2. The van der Waals surface area contributed by atoms with Crippen LogP contribution in [0.1, 0.15) is 5.56 Å². The van der Waals surface area contributed by atoms with E-state index >= 15 is 0 Å². The van der Waals surface area contributed by atoms with Crippen molar-refractivity contribution in [1.82, 2.24) is 0 Å². The van der Waals surface area contributed by atoms with Gasteiger partial charge in [0, 0.05) is 24.9 Å². The van der Waals surface area contributed by atoms with Gasteiger partial charge in [0.25, 0.3) is 10.0 Å². The molecule has 8 heteroatoms. The third-order valence-corrected chi connectivity index (χ3v) is 6.46. The molecular formula is C24H24N2O5S. The minimum Gasteiger partial charge on any atom is -0.497 e. The molecule has 166 valence electrons. The zero-order chi connectivity index (χ0) is 23.1. The van der Waals surface area contributed by atoms with E-state index in [2.05, 4.69) is 5.32 Å². The van der Waals surface area contributed by atoms with Gasteiger partial charge in [-0.05, 0) is 54.1 Å². The van der Waals surface area contributed by atoms with Crippen LogP contribution in [0, 0.1) is 0 Å². The Morgan fingerprint density at radius 3 is 2.19 bits per heavy atom. The molecule has 0 aromatic heterocycles. The summed E-state index contributed by atoms with van der Waals surface area (Å²) in [6, 6.07) is 20.1. The molecule has 0 radical (unpaired) electrons. The Morgan fingerprint density at radius 1 is 0.906 bits per heavy atom. The minimum atomic E-state index is -3.78. The highest BCUT2D eigenvalue weighted by Gasteiger charge is 2.21. The minimum absolute atomic E-state index is 0.0724. The first-order valence-electron chi connectivity index (χ1n) is 9.69. The molecule has 0 bridgehead atoms. The Labute approximate surface area is 188 Å². The van der Waals surface area contributed by atoms with Crippen LogP contribution in [0.3, 0.4) is 0 Å². The normalized spacial score (nSPS) is 11.2. The zero-order valence-corrected chi connectivity index (χ0v) is 18.8. The van der Waals surface area contributed by atoms with E-state index in [0.29, 0.717) is 22.9 Å². The van der Waals surface area contributed by atoms with Crippen LogP contribution in [0.2, 0.25) is 0 Å². The molecule has 0 atom stereocenters. The van der Waals surface area contributed by atoms with E-state index in [4.69, 9.17) is 9.47 Å². The van der Waals surface area contributed by atoms with Gasteiger partial charge in [-0.1, -0.05) is 24.3 Å². The molecule has 3 aromatic carbocycles. The first-order valence-corrected chi connectivity index (χ1v) is 11.1. The summed E-state index contributed by atoms with van der Waals surface area (Å²) in [6.45, 7) is 0. The summed E-state index contributed by atoms with van der Waals surface area (Å²) in [6.07, 6.45) is 2.97. The van der Waals surface area contributed by atoms with E-state index < -0.39 is 15.9 Å². The van der Waals surface area contributed by atoms with E-state index in [9.17, 15) is 13.2 Å². The number of nitrogens with zero attached hydrogens (tertiary/aromatic N) is 1. The molecule has 0 aliphatic rings. The van der Waals surface area contributed by atoms with Crippen LogP contribution >= 0.6 is 0 Å². The van der Waals surface area contributed by atoms with Crippen LogP contribution < -0.4 is 19.1 Å². The lowest BCUT2D eigenvalue weighted by molar-refractivity contribution is -0.111. The Morgan fingerprint density at radius 2 is 1.56 bits per heavy atom. The van der Waals surface area contributed by atoms with Crippen molar-refractivity contribution in [3.63, 3.8) is 0 Å². The fourth-order valence-electron chi connectivity index (χ4n) is 2.95. The van der Waals surface area contributed by atoms with Crippen molar-refractivity contribution >= 4 is 33.4 Å². The molecule has 0 heterocycles. The average molecular weight is 453 g/mol. The van der Waals surface area contributed by atoms with Gasteiger partial charge in [-0.2, -0.15) is 0 Å². The smallest absolute Gasteiger partial charge is 0.264 e. The van der Waals surface area contributed by atoms with E-state index in [0.717, 1.165) is 5.56 Å². The number of nitrogens with one attached hydrogen (secondary N) is 1. The number of sulfonamides is 1. The van der Waals surface area contributed by atoms with E-state index in [1.54, 1.807) is 74.9 Å². The number of benzene rings is 3. The van der Waals surface area contributed by atoms with Gasteiger partial charge >= 0.3 is 0 Å². The molecule has 1 amide bonds. The molecule has 3 rings (SSSR count). The zero-order valence-electron chi connectivity index (χ0n) is 18.0. The molecule has 0 spiro atoms. The van der Waals surface area contributed by atoms with Gasteiger partial charge in [-0.25, -0.2) is 8.42 Å². The predicted molar refractivity (Wildman–Crippen MR) is 126 cm³/mol. The number of carbonyl (C=O) groups is 1. The van der Waals surface area contributed by atoms with E-state index in [-0.39, 0.29) is 4.90 Å². The second kappa shape index (κ2) is 10.0. The molecule has 0 fully saturated rings. The SMILES string of the molecule is COc1cc(/C=C/C(=O)Nc2cccc(S(=O)(=O)N(C)c3ccccc3)c2)cc(OC)c1. The monoisotopic (exact) mass is 452 g/mol. The van der Waals surface area contributed by atoms with E-state index in [1.807, 2.05) is 6.07 Å². The molecule has 0 aliphatic heterocycles. The molecule has 0 aliphatic carbocycles. The standard InChI is InChI=1S/C24H24N2O5S/c1-26(20-9-5-4-6-10-20)32(28,29)23-11-7-8-19(16-23)25-24(27)13-12-18-14-21(30-2)17-22(15-18)31-3/h4-17H,1-3H3,(H,25,27)/b13-12+. The molecule has 7 nitrogen and oxygen atoms in total. The van der Waals surface area contributed by atoms with Crippen molar-refractivity contribution in [2.45, 2.75) is 4.90 Å². The molecular weight excluding hydrogens is 428 g/mol. The summed E-state index contributed by atoms with van der Waals surface area (Å²) < 4.78 is 37.6. The summed E-state index contributed by atoms with van der Waals surface area (Å²) in [7, 11) is 0.796. The molecule has 0 saturated heterocycles. The largest absolute Gasteiger partial charge is 0.497 e. The van der Waals surface area contributed by atoms with Crippen LogP contribution in [0.4, 0.5) is 11.4 Å². The average Bonchev–Trinajstić information content (AvgIpc) is 2.82. The number of rotatable bonds is 8. The highest BCUT2D eigenvalue weighted by atomic mass is 32.2. The predicted octanol–water partition coefficient (Wildman–Crippen LogP) is 4.18. The Bertz CT molecular complexity index is 1200. The van der Waals surface area contributed by atoms with Crippen molar-refractivity contribution in [3.05, 3.63) is 84.4 Å². The molecule has 0 unspecified atom stereocenters. The number of para-hydroxylation sites is 1. The quantitative estimate of drug-likeness (QED) is 0.518. The Kier molecular flexibility index (Phi) is 7.17. The number of hydrogen-bond donors (Lipinski definition) is 1. The third-order valence-electron chi connectivity index (χ3n) is 4.68. The number of hydrogen-bond acceptors (Lipinski definition) is 5. The third kappa shape index (κ3) is 5.47. The first-order chi connectivity index (χ1) is 15.3. The summed E-state index contributed by atoms with van der Waals surface area (Å²) >= 11 is 0. The lowest BCUT2D eigenvalue weighted by atomic mass is 10.2. The van der Waals surface area contributed by atoms with Gasteiger partial charge in [0.05, 0.1) is 24.8 Å². The Balaban J connectivity index is 1.76. The second-order valence-electron chi connectivity index (χ2n) is 6.80. The summed E-state index contributed by atoms with van der Waals surface area (Å²) in [5, 5.41) is 2.69. The molecule has 32 heavy (non-hydrogen) atoms. The summed E-state index contributed by atoms with van der Waals surface area (Å²) in [5.41, 5.74) is 1.63. The van der Waals surface area contributed by atoms with Crippen molar-refractivity contribution < 1.29 is 22.7 Å². The molecule has 3 aromatic rings. The maximum absolute atomic E-state index is 13.0. The lowest BCUT2D eigenvalue weighted by Gasteiger charge is -2.19. The number of carbonyl (C=O) groups excluding carboxylic acids is 1. The van der Waals surface area contributed by atoms with Gasteiger partial charge in [0.1, 0.15) is 11.5 Å².